The quantitative estimate of drug-likeness (QED) is 0.767. The fourth-order valence-electron chi connectivity index (χ4n) is 3.12. The molecule has 0 bridgehead atoms. The van der Waals surface area contributed by atoms with E-state index in [4.69, 9.17) is 4.74 Å². The van der Waals surface area contributed by atoms with Crippen LogP contribution in [0, 0.1) is 5.41 Å². The van der Waals surface area contributed by atoms with Crippen LogP contribution >= 0.6 is 0 Å². The molecular weight excluding hydrogens is 260 g/mol. The number of aliphatic carboxylic acids is 1. The average Bonchev–Trinajstić information content (AvgIpc) is 2.86. The summed E-state index contributed by atoms with van der Waals surface area (Å²) in [6.45, 7) is 5.02. The first kappa shape index (κ1) is 15.3. The van der Waals surface area contributed by atoms with Crippen LogP contribution in [0.4, 0.5) is 0 Å². The molecule has 6 heteroatoms. The Labute approximate surface area is 119 Å². The van der Waals surface area contributed by atoms with Crippen molar-refractivity contribution in [2.45, 2.75) is 38.7 Å². The van der Waals surface area contributed by atoms with Crippen LogP contribution in [-0.2, 0) is 14.3 Å². The molecule has 1 amide bonds. The van der Waals surface area contributed by atoms with Gasteiger partial charge < -0.3 is 20.1 Å². The number of rotatable bonds is 5. The smallest absolute Gasteiger partial charge is 0.311 e. The molecule has 0 aromatic rings. The van der Waals surface area contributed by atoms with Crippen LogP contribution < -0.4 is 5.32 Å². The van der Waals surface area contributed by atoms with Gasteiger partial charge in [0.05, 0.1) is 24.5 Å². The number of carbonyl (C=O) groups is 2. The van der Waals surface area contributed by atoms with E-state index in [0.29, 0.717) is 45.5 Å². The number of nitrogens with one attached hydrogen (secondary N) is 1. The number of morpholine rings is 1. The zero-order chi connectivity index (χ0) is 14.6. The van der Waals surface area contributed by atoms with Crippen molar-refractivity contribution >= 4 is 11.9 Å². The van der Waals surface area contributed by atoms with Gasteiger partial charge in [0.25, 0.3) is 0 Å². The van der Waals surface area contributed by atoms with Crippen LogP contribution in [0.1, 0.15) is 32.6 Å². The van der Waals surface area contributed by atoms with Gasteiger partial charge in [-0.15, -0.1) is 0 Å². The summed E-state index contributed by atoms with van der Waals surface area (Å²) >= 11 is 0. The van der Waals surface area contributed by atoms with Gasteiger partial charge in [-0.1, -0.05) is 13.3 Å². The number of carboxylic acids is 1. The Morgan fingerprint density at radius 2 is 2.30 bits per heavy atom. The number of hydrogen-bond donors (Lipinski definition) is 2. The van der Waals surface area contributed by atoms with Gasteiger partial charge in [-0.2, -0.15) is 0 Å². The van der Waals surface area contributed by atoms with E-state index >= 15 is 0 Å². The normalized spacial score (nSPS) is 30.4. The third-order valence-electron chi connectivity index (χ3n) is 4.30. The largest absolute Gasteiger partial charge is 0.481 e. The molecule has 2 rings (SSSR count). The van der Waals surface area contributed by atoms with Crippen molar-refractivity contribution < 1.29 is 19.4 Å². The van der Waals surface area contributed by atoms with Gasteiger partial charge in [-0.3, -0.25) is 9.59 Å². The number of carbonyl (C=O) groups excluding carboxylic acids is 1. The van der Waals surface area contributed by atoms with Gasteiger partial charge in [0.1, 0.15) is 0 Å². The molecule has 2 unspecified atom stereocenters. The van der Waals surface area contributed by atoms with E-state index in [1.165, 1.54) is 0 Å². The molecule has 0 spiro atoms. The molecule has 0 aromatic heterocycles. The highest BCUT2D eigenvalue weighted by Crippen LogP contribution is 2.35. The molecule has 20 heavy (non-hydrogen) atoms. The molecular formula is C14H24N2O4. The molecule has 0 aromatic carbocycles. The first-order chi connectivity index (χ1) is 9.57. The van der Waals surface area contributed by atoms with E-state index in [1.807, 2.05) is 6.92 Å². The lowest BCUT2D eigenvalue weighted by atomic mass is 9.83. The summed E-state index contributed by atoms with van der Waals surface area (Å²) in [5.74, 6) is -0.761. The number of likely N-dealkylation sites (tertiary alicyclic amines) is 1. The van der Waals surface area contributed by atoms with Crippen LogP contribution in [0.3, 0.4) is 0 Å². The predicted octanol–water partition coefficient (Wildman–Crippen LogP) is 0.468. The molecule has 2 aliphatic rings. The number of hydrogen-bond acceptors (Lipinski definition) is 4. The average molecular weight is 284 g/mol. The first-order valence-electron chi connectivity index (χ1n) is 7.41. The van der Waals surface area contributed by atoms with Crippen molar-refractivity contribution in [2.24, 2.45) is 5.41 Å². The molecule has 2 atom stereocenters. The highest BCUT2D eigenvalue weighted by atomic mass is 16.5. The summed E-state index contributed by atoms with van der Waals surface area (Å²) in [6.07, 6.45) is 2.28. The number of nitrogens with zero attached hydrogens (tertiary/aromatic N) is 1. The Bertz CT molecular complexity index is 368. The maximum atomic E-state index is 12.3. The zero-order valence-corrected chi connectivity index (χ0v) is 12.1. The number of ether oxygens (including phenoxy) is 1. The monoisotopic (exact) mass is 284 g/mol. The molecule has 2 N–H and O–H groups in total. The molecule has 6 nitrogen and oxygen atoms in total. The molecule has 0 radical (unpaired) electrons. The number of carboxylic acid groups (broad SMARTS) is 1. The molecule has 114 valence electrons. The molecule has 2 aliphatic heterocycles. The minimum absolute atomic E-state index is 0.0120. The first-order valence-corrected chi connectivity index (χ1v) is 7.41. The van der Waals surface area contributed by atoms with Crippen LogP contribution in [-0.4, -0.2) is 60.8 Å². The predicted molar refractivity (Wildman–Crippen MR) is 73.4 cm³/mol. The van der Waals surface area contributed by atoms with Crippen LogP contribution in [0.5, 0.6) is 0 Å². The highest BCUT2D eigenvalue weighted by molar-refractivity contribution is 5.81. The van der Waals surface area contributed by atoms with E-state index < -0.39 is 11.4 Å². The highest BCUT2D eigenvalue weighted by Gasteiger charge is 2.45. The van der Waals surface area contributed by atoms with Gasteiger partial charge in [0, 0.05) is 26.2 Å². The van der Waals surface area contributed by atoms with Crippen LogP contribution in [0.15, 0.2) is 0 Å². The summed E-state index contributed by atoms with van der Waals surface area (Å²) in [6, 6.07) is 0. The van der Waals surface area contributed by atoms with Crippen molar-refractivity contribution in [1.29, 1.82) is 0 Å². The van der Waals surface area contributed by atoms with Gasteiger partial charge in [-0.05, 0) is 12.8 Å². The van der Waals surface area contributed by atoms with Crippen molar-refractivity contribution in [3.63, 3.8) is 0 Å². The Morgan fingerprint density at radius 3 is 2.90 bits per heavy atom. The second-order valence-corrected chi connectivity index (χ2v) is 5.80. The lowest BCUT2D eigenvalue weighted by Gasteiger charge is -2.27. The SMILES string of the molecule is CCCC1(C(=O)O)CCN(C(=O)CC2CNCCO2)C1. The Balaban J connectivity index is 1.90. The van der Waals surface area contributed by atoms with Crippen LogP contribution in [0.25, 0.3) is 0 Å². The van der Waals surface area contributed by atoms with Crippen molar-refractivity contribution in [2.75, 3.05) is 32.8 Å². The Kier molecular flexibility index (Phi) is 4.99. The summed E-state index contributed by atoms with van der Waals surface area (Å²) in [5.41, 5.74) is -0.740. The summed E-state index contributed by atoms with van der Waals surface area (Å²) in [7, 11) is 0. The third kappa shape index (κ3) is 3.30. The van der Waals surface area contributed by atoms with E-state index in [2.05, 4.69) is 5.32 Å². The number of amides is 1. The summed E-state index contributed by atoms with van der Waals surface area (Å²) < 4.78 is 5.53. The zero-order valence-electron chi connectivity index (χ0n) is 12.1. The maximum Gasteiger partial charge on any atom is 0.311 e. The lowest BCUT2D eigenvalue weighted by molar-refractivity contribution is -0.149. The van der Waals surface area contributed by atoms with Gasteiger partial charge in [0.15, 0.2) is 0 Å². The standard InChI is InChI=1S/C14H24N2O4/c1-2-3-14(13(18)19)4-6-16(10-14)12(17)8-11-9-15-5-7-20-11/h11,15H,2-10H2,1H3,(H,18,19). The van der Waals surface area contributed by atoms with E-state index in [0.717, 1.165) is 13.0 Å². The van der Waals surface area contributed by atoms with E-state index in [-0.39, 0.29) is 12.0 Å². The molecule has 2 saturated heterocycles. The second-order valence-electron chi connectivity index (χ2n) is 5.80. The van der Waals surface area contributed by atoms with Crippen molar-refractivity contribution in [3.8, 4) is 0 Å². The van der Waals surface area contributed by atoms with Gasteiger partial charge in [-0.25, -0.2) is 0 Å². The fourth-order valence-corrected chi connectivity index (χ4v) is 3.12. The van der Waals surface area contributed by atoms with Crippen LogP contribution in [0.2, 0.25) is 0 Å². The van der Waals surface area contributed by atoms with Crippen molar-refractivity contribution in [3.05, 3.63) is 0 Å². The van der Waals surface area contributed by atoms with E-state index in [9.17, 15) is 14.7 Å². The third-order valence-corrected chi connectivity index (χ3v) is 4.30. The molecule has 2 fully saturated rings. The maximum absolute atomic E-state index is 12.3. The molecule has 0 saturated carbocycles. The minimum atomic E-state index is -0.773. The Hall–Kier alpha value is -1.14. The minimum Gasteiger partial charge on any atom is -0.481 e. The summed E-state index contributed by atoms with van der Waals surface area (Å²) in [4.78, 5) is 25.4. The Morgan fingerprint density at radius 1 is 1.50 bits per heavy atom. The second kappa shape index (κ2) is 6.54. The molecule has 0 aliphatic carbocycles. The lowest BCUT2D eigenvalue weighted by Crippen LogP contribution is -2.43. The molecule has 2 heterocycles. The van der Waals surface area contributed by atoms with Gasteiger partial charge in [0.2, 0.25) is 5.91 Å². The van der Waals surface area contributed by atoms with E-state index in [1.54, 1.807) is 4.90 Å². The topological polar surface area (TPSA) is 78.9 Å². The van der Waals surface area contributed by atoms with Gasteiger partial charge >= 0.3 is 5.97 Å². The fraction of sp³-hybridized carbons (Fsp3) is 0.857. The summed E-state index contributed by atoms with van der Waals surface area (Å²) in [5, 5.41) is 12.6. The van der Waals surface area contributed by atoms with Crippen molar-refractivity contribution in [1.82, 2.24) is 10.2 Å².